The lowest BCUT2D eigenvalue weighted by Gasteiger charge is -2.09. The molecule has 132 valence electrons. The molecule has 0 spiro atoms. The average molecular weight is 353 g/mol. The predicted molar refractivity (Wildman–Crippen MR) is 82.8 cm³/mol. The van der Waals surface area contributed by atoms with Crippen LogP contribution in [0.15, 0.2) is 36.4 Å². The highest BCUT2D eigenvalue weighted by molar-refractivity contribution is 5.91. The second-order valence-electron chi connectivity index (χ2n) is 4.77. The molecule has 0 aliphatic rings. The lowest BCUT2D eigenvalue weighted by atomic mass is 10.3. The second-order valence-corrected chi connectivity index (χ2v) is 4.77. The van der Waals surface area contributed by atoms with Crippen LogP contribution < -0.4 is 14.8 Å². The molecule has 1 aromatic carbocycles. The van der Waals surface area contributed by atoms with Crippen molar-refractivity contribution in [1.82, 2.24) is 4.98 Å². The Bertz CT molecular complexity index is 768. The number of ether oxygens (including phenoxy) is 2. The number of halogens is 2. The Hall–Kier alpha value is -3.30. The van der Waals surface area contributed by atoms with Gasteiger partial charge in [-0.2, -0.15) is 8.78 Å². The number of nitro groups is 1. The number of aryl methyl sites for hydroxylation is 1. The quantitative estimate of drug-likeness (QED) is 0.606. The van der Waals surface area contributed by atoms with Crippen LogP contribution in [0.25, 0.3) is 0 Å². The zero-order chi connectivity index (χ0) is 18.4. The number of amides is 1. The van der Waals surface area contributed by atoms with Gasteiger partial charge in [-0.1, -0.05) is 0 Å². The third-order valence-electron chi connectivity index (χ3n) is 2.87. The zero-order valence-corrected chi connectivity index (χ0v) is 12.9. The Labute approximate surface area is 140 Å². The summed E-state index contributed by atoms with van der Waals surface area (Å²) in [6.07, 6.45) is 0. The maximum absolute atomic E-state index is 12.0. The Morgan fingerprint density at radius 2 is 1.96 bits per heavy atom. The van der Waals surface area contributed by atoms with Gasteiger partial charge in [0.2, 0.25) is 5.75 Å². The van der Waals surface area contributed by atoms with Gasteiger partial charge in [-0.05, 0) is 46.3 Å². The molecule has 0 saturated carbocycles. The molecule has 0 radical (unpaired) electrons. The third-order valence-corrected chi connectivity index (χ3v) is 2.87. The number of anilines is 1. The fourth-order valence-corrected chi connectivity index (χ4v) is 1.83. The zero-order valence-electron chi connectivity index (χ0n) is 12.9. The van der Waals surface area contributed by atoms with E-state index in [4.69, 9.17) is 4.74 Å². The largest absolute Gasteiger partial charge is 0.476 e. The smallest absolute Gasteiger partial charge is 0.406 e. The van der Waals surface area contributed by atoms with E-state index < -0.39 is 29.9 Å². The van der Waals surface area contributed by atoms with Crippen molar-refractivity contribution in [2.75, 3.05) is 11.9 Å². The normalized spacial score (nSPS) is 10.4. The van der Waals surface area contributed by atoms with Crippen LogP contribution in [0.2, 0.25) is 0 Å². The van der Waals surface area contributed by atoms with E-state index in [0.29, 0.717) is 11.4 Å². The van der Waals surface area contributed by atoms with Crippen molar-refractivity contribution in [3.05, 3.63) is 52.2 Å². The number of carbonyl (C=O) groups excluding carboxylic acids is 1. The van der Waals surface area contributed by atoms with E-state index in [9.17, 15) is 23.7 Å². The summed E-state index contributed by atoms with van der Waals surface area (Å²) < 4.78 is 33.4. The van der Waals surface area contributed by atoms with E-state index in [-0.39, 0.29) is 11.5 Å². The first kappa shape index (κ1) is 18.0. The summed E-state index contributed by atoms with van der Waals surface area (Å²) in [6, 6.07) is 8.12. The number of benzene rings is 1. The van der Waals surface area contributed by atoms with Gasteiger partial charge in [-0.25, -0.2) is 0 Å². The fourth-order valence-electron chi connectivity index (χ4n) is 1.83. The molecule has 0 bridgehead atoms. The number of nitrogens with one attached hydrogen (secondary N) is 1. The highest BCUT2D eigenvalue weighted by Gasteiger charge is 2.18. The summed E-state index contributed by atoms with van der Waals surface area (Å²) >= 11 is 0. The standard InChI is InChI=1S/C15H13F2N3O5/c1-9-2-7-12(14(18-9)20(22)23)24-8-13(21)19-10-3-5-11(6-4-10)25-15(16)17/h2-7,15H,8H2,1H3,(H,19,21). The summed E-state index contributed by atoms with van der Waals surface area (Å²) in [7, 11) is 0. The van der Waals surface area contributed by atoms with Gasteiger partial charge < -0.3 is 24.9 Å². The van der Waals surface area contributed by atoms with Crippen LogP contribution in [-0.2, 0) is 4.79 Å². The number of carbonyl (C=O) groups is 1. The van der Waals surface area contributed by atoms with Crippen LogP contribution in [0.4, 0.5) is 20.3 Å². The van der Waals surface area contributed by atoms with Crippen LogP contribution in [0, 0.1) is 17.0 Å². The molecule has 1 N–H and O–H groups in total. The minimum absolute atomic E-state index is 0.0504. The van der Waals surface area contributed by atoms with Crippen molar-refractivity contribution in [3.8, 4) is 11.5 Å². The minimum atomic E-state index is -2.94. The lowest BCUT2D eigenvalue weighted by molar-refractivity contribution is -0.390. The Balaban J connectivity index is 1.94. The second kappa shape index (κ2) is 7.99. The summed E-state index contributed by atoms with van der Waals surface area (Å²) in [5.74, 6) is -1.25. The van der Waals surface area contributed by atoms with Crippen LogP contribution in [0.1, 0.15) is 5.69 Å². The molecule has 0 aliphatic heterocycles. The van der Waals surface area contributed by atoms with E-state index in [1.54, 1.807) is 6.92 Å². The molecule has 1 amide bonds. The minimum Gasteiger partial charge on any atom is -0.476 e. The molecule has 10 heteroatoms. The first-order chi connectivity index (χ1) is 11.8. The van der Waals surface area contributed by atoms with Crippen LogP contribution in [-0.4, -0.2) is 29.0 Å². The molecule has 1 aromatic heterocycles. The molecule has 0 aliphatic carbocycles. The van der Waals surface area contributed by atoms with Crippen LogP contribution in [0.3, 0.4) is 0 Å². The van der Waals surface area contributed by atoms with Gasteiger partial charge in [-0.15, -0.1) is 0 Å². The van der Waals surface area contributed by atoms with Gasteiger partial charge in [0.25, 0.3) is 5.91 Å². The molecule has 0 saturated heterocycles. The summed E-state index contributed by atoms with van der Waals surface area (Å²) in [4.78, 5) is 25.8. The molecule has 1 heterocycles. The summed E-state index contributed by atoms with van der Waals surface area (Å²) in [6.45, 7) is -1.83. The first-order valence-corrected chi connectivity index (χ1v) is 6.94. The number of nitrogens with zero attached hydrogens (tertiary/aromatic N) is 2. The van der Waals surface area contributed by atoms with E-state index in [1.165, 1.54) is 36.4 Å². The highest BCUT2D eigenvalue weighted by Crippen LogP contribution is 2.24. The van der Waals surface area contributed by atoms with Gasteiger partial charge in [0.15, 0.2) is 6.61 Å². The van der Waals surface area contributed by atoms with Gasteiger partial charge in [-0.3, -0.25) is 4.79 Å². The van der Waals surface area contributed by atoms with Gasteiger partial charge >= 0.3 is 12.4 Å². The number of pyridine rings is 1. The van der Waals surface area contributed by atoms with Crippen LogP contribution >= 0.6 is 0 Å². The van der Waals surface area contributed by atoms with Crippen molar-refractivity contribution in [2.24, 2.45) is 0 Å². The summed E-state index contributed by atoms with van der Waals surface area (Å²) in [5.41, 5.74) is 0.765. The topological polar surface area (TPSA) is 104 Å². The van der Waals surface area contributed by atoms with E-state index >= 15 is 0 Å². The molecule has 2 aromatic rings. The first-order valence-electron chi connectivity index (χ1n) is 6.94. The predicted octanol–water partition coefficient (Wildman–Crippen LogP) is 2.92. The van der Waals surface area contributed by atoms with Crippen molar-refractivity contribution in [1.29, 1.82) is 0 Å². The maximum Gasteiger partial charge on any atom is 0.406 e. The number of hydrogen-bond acceptors (Lipinski definition) is 6. The van der Waals surface area contributed by atoms with Crippen LogP contribution in [0.5, 0.6) is 11.5 Å². The monoisotopic (exact) mass is 353 g/mol. The maximum atomic E-state index is 12.0. The number of aromatic nitrogens is 1. The van der Waals surface area contributed by atoms with Crippen molar-refractivity contribution >= 4 is 17.4 Å². The molecular formula is C15H13F2N3O5. The summed E-state index contributed by atoms with van der Waals surface area (Å²) in [5, 5.41) is 13.4. The Kier molecular flexibility index (Phi) is 5.77. The lowest BCUT2D eigenvalue weighted by Crippen LogP contribution is -2.20. The number of alkyl halides is 2. The molecule has 0 unspecified atom stereocenters. The molecular weight excluding hydrogens is 340 g/mol. The van der Waals surface area contributed by atoms with Gasteiger partial charge in [0.1, 0.15) is 11.4 Å². The third kappa shape index (κ3) is 5.37. The average Bonchev–Trinajstić information content (AvgIpc) is 2.55. The van der Waals surface area contributed by atoms with E-state index in [2.05, 4.69) is 15.0 Å². The van der Waals surface area contributed by atoms with E-state index in [1.807, 2.05) is 0 Å². The molecule has 0 atom stereocenters. The molecule has 8 nitrogen and oxygen atoms in total. The Morgan fingerprint density at radius 1 is 1.28 bits per heavy atom. The van der Waals surface area contributed by atoms with Gasteiger partial charge in [0, 0.05) is 12.6 Å². The van der Waals surface area contributed by atoms with Crippen molar-refractivity contribution in [2.45, 2.75) is 13.5 Å². The Morgan fingerprint density at radius 3 is 2.56 bits per heavy atom. The molecule has 25 heavy (non-hydrogen) atoms. The molecule has 0 fully saturated rings. The molecule has 2 rings (SSSR count). The van der Waals surface area contributed by atoms with Gasteiger partial charge in [0.05, 0.1) is 0 Å². The fraction of sp³-hybridized carbons (Fsp3) is 0.200. The van der Waals surface area contributed by atoms with Crippen molar-refractivity contribution < 1.29 is 28.0 Å². The SMILES string of the molecule is Cc1ccc(OCC(=O)Nc2ccc(OC(F)F)cc2)c([N+](=O)[O-])n1. The highest BCUT2D eigenvalue weighted by atomic mass is 19.3. The number of hydrogen-bond donors (Lipinski definition) is 1. The van der Waals surface area contributed by atoms with Crippen molar-refractivity contribution in [3.63, 3.8) is 0 Å². The number of rotatable bonds is 7. The van der Waals surface area contributed by atoms with E-state index in [0.717, 1.165) is 0 Å².